The van der Waals surface area contributed by atoms with Crippen molar-refractivity contribution < 1.29 is 0 Å². The predicted octanol–water partition coefficient (Wildman–Crippen LogP) is 26.5. The number of rotatable bonds is 12. The van der Waals surface area contributed by atoms with E-state index in [4.69, 9.17) is 29.9 Å². The molecule has 16 aromatic carbocycles. The molecule has 2 aliphatic carbocycles. The van der Waals surface area contributed by atoms with Gasteiger partial charge in [-0.25, -0.2) is 29.9 Å². The van der Waals surface area contributed by atoms with Gasteiger partial charge in [-0.15, -0.1) is 22.7 Å². The highest BCUT2D eigenvalue weighted by molar-refractivity contribution is 7.26. The molecule has 0 unspecified atom stereocenters. The van der Waals surface area contributed by atoms with Crippen molar-refractivity contribution in [2.45, 2.75) is 10.8 Å². The van der Waals surface area contributed by atoms with Gasteiger partial charge in [0.2, 0.25) is 0 Å². The van der Waals surface area contributed by atoms with Crippen LogP contribution < -0.4 is 0 Å². The van der Waals surface area contributed by atoms with Crippen LogP contribution in [0.4, 0.5) is 0 Å². The number of aromatic nitrogens is 6. The van der Waals surface area contributed by atoms with Gasteiger partial charge in [-0.1, -0.05) is 364 Å². The zero-order valence-electron chi connectivity index (χ0n) is 60.6. The molecule has 0 fully saturated rings. The highest BCUT2D eigenvalue weighted by atomic mass is 32.1. The zero-order valence-corrected chi connectivity index (χ0v) is 62.2. The van der Waals surface area contributed by atoms with E-state index in [0.717, 1.165) is 50.1 Å². The Kier molecular flexibility index (Phi) is 16.3. The van der Waals surface area contributed by atoms with E-state index in [1.807, 2.05) is 12.1 Å². The molecular weight excluding hydrogens is 1400 g/mol. The summed E-state index contributed by atoms with van der Waals surface area (Å²) in [5.41, 5.74) is 24.0. The quantitative estimate of drug-likeness (QED) is 0.121. The normalized spacial score (nSPS) is 12.8. The molecule has 0 saturated heterocycles. The Morgan fingerprint density at radius 1 is 0.170 bits per heavy atom. The van der Waals surface area contributed by atoms with Gasteiger partial charge in [0.25, 0.3) is 0 Å². The zero-order chi connectivity index (χ0) is 74.1. The molecule has 0 saturated carbocycles. The van der Waals surface area contributed by atoms with Crippen LogP contribution in [-0.4, -0.2) is 29.9 Å². The maximum atomic E-state index is 5.37. The maximum Gasteiger partial charge on any atom is 0.165 e. The van der Waals surface area contributed by atoms with Crippen LogP contribution in [-0.2, 0) is 10.8 Å². The third-order valence-corrected chi connectivity index (χ3v) is 24.9. The van der Waals surface area contributed by atoms with Crippen LogP contribution >= 0.6 is 22.7 Å². The lowest BCUT2D eigenvalue weighted by molar-refractivity contribution is 0.768. The van der Waals surface area contributed by atoms with Crippen molar-refractivity contribution in [3.63, 3.8) is 0 Å². The second-order valence-electron chi connectivity index (χ2n) is 28.6. The van der Waals surface area contributed by atoms with Gasteiger partial charge in [0.1, 0.15) is 0 Å². The second-order valence-corrected chi connectivity index (χ2v) is 30.7. The van der Waals surface area contributed by atoms with Crippen LogP contribution in [0.2, 0.25) is 0 Å². The van der Waals surface area contributed by atoms with E-state index in [1.165, 1.54) is 113 Å². The van der Waals surface area contributed by atoms with E-state index < -0.39 is 10.8 Å². The van der Waals surface area contributed by atoms with Crippen LogP contribution in [0.1, 0.15) is 44.5 Å². The minimum Gasteiger partial charge on any atom is -0.208 e. The number of nitrogens with zero attached hydrogens (tertiary/aromatic N) is 6. The van der Waals surface area contributed by atoms with Crippen molar-refractivity contribution in [2.24, 2.45) is 0 Å². The van der Waals surface area contributed by atoms with E-state index in [9.17, 15) is 0 Å². The minimum absolute atomic E-state index is 0.529. The standard InChI is InChI=1S/2C52H33N3S/c1-4-15-34(16-5-1)35-27-29-36(30-28-35)49-53-50(55-51(54-49)44-24-14-23-43-42-22-11-13-26-47(42)56-48(43)44)37-31-32-41-40-21-10-12-25-45(40)52(46(41)33-37,38-17-6-2-7-18-38)39-19-8-3-9-20-39;1-4-17-34(18-5-1)38-23-10-11-26-43(38)50-53-49(54-51(55-50)44-28-16-27-42-41-25-13-15-30-47(41)56-48(42)44)35-31-32-40-39-24-12-14-29-45(39)52(46(40)33-35,36-19-6-2-7-20-36)37-21-8-3-9-22-37/h2*1-33H. The smallest absolute Gasteiger partial charge is 0.165 e. The van der Waals surface area contributed by atoms with E-state index >= 15 is 0 Å². The first-order valence-corrected chi connectivity index (χ1v) is 39.5. The van der Waals surface area contributed by atoms with Gasteiger partial charge >= 0.3 is 0 Å². The monoisotopic (exact) mass is 1460 g/mol. The summed E-state index contributed by atoms with van der Waals surface area (Å²) in [4.78, 5) is 31.9. The first-order chi connectivity index (χ1) is 55.5. The molecule has 4 aromatic heterocycles. The lowest BCUT2D eigenvalue weighted by Crippen LogP contribution is -2.28. The minimum atomic E-state index is -0.536. The molecule has 0 atom stereocenters. The first kappa shape index (κ1) is 66.2. The van der Waals surface area contributed by atoms with Crippen LogP contribution in [0.15, 0.2) is 400 Å². The van der Waals surface area contributed by atoms with Crippen molar-refractivity contribution in [3.8, 4) is 113 Å². The van der Waals surface area contributed by atoms with Crippen LogP contribution in [0.5, 0.6) is 0 Å². The molecule has 0 bridgehead atoms. The second kappa shape index (κ2) is 27.6. The van der Waals surface area contributed by atoms with Gasteiger partial charge in [0.05, 0.1) is 10.8 Å². The van der Waals surface area contributed by atoms with Crippen LogP contribution in [0.25, 0.3) is 153 Å². The van der Waals surface area contributed by atoms with Crippen molar-refractivity contribution >= 4 is 63.0 Å². The maximum absolute atomic E-state index is 5.37. The summed E-state index contributed by atoms with van der Waals surface area (Å²) in [6, 6.07) is 143. The largest absolute Gasteiger partial charge is 0.208 e. The van der Waals surface area contributed by atoms with Gasteiger partial charge < -0.3 is 0 Å². The number of hydrogen-bond acceptors (Lipinski definition) is 8. The van der Waals surface area contributed by atoms with E-state index in [2.05, 4.69) is 388 Å². The Balaban J connectivity index is 0.000000141. The lowest BCUT2D eigenvalue weighted by Gasteiger charge is -2.34. The molecular formula is C104H66N6S2. The Hall–Kier alpha value is -14.0. The fourth-order valence-corrected chi connectivity index (χ4v) is 19.9. The summed E-state index contributed by atoms with van der Waals surface area (Å²) in [5, 5.41) is 4.91. The third-order valence-electron chi connectivity index (χ3n) is 22.5. The molecule has 0 spiro atoms. The fourth-order valence-electron chi connectivity index (χ4n) is 17.5. The summed E-state index contributed by atoms with van der Waals surface area (Å²) in [6.45, 7) is 0. The Bertz CT molecular complexity index is 6910. The first-order valence-electron chi connectivity index (χ1n) is 37.9. The van der Waals surface area contributed by atoms with E-state index in [-0.39, 0.29) is 0 Å². The molecule has 524 valence electrons. The Morgan fingerprint density at radius 3 is 0.902 bits per heavy atom. The summed E-state index contributed by atoms with van der Waals surface area (Å²) >= 11 is 3.58. The van der Waals surface area contributed by atoms with Crippen molar-refractivity contribution in [1.29, 1.82) is 0 Å². The van der Waals surface area contributed by atoms with Crippen molar-refractivity contribution in [2.75, 3.05) is 0 Å². The molecule has 0 amide bonds. The molecule has 6 nitrogen and oxygen atoms in total. The molecule has 0 N–H and O–H groups in total. The fraction of sp³-hybridized carbons (Fsp3) is 0.0192. The molecule has 4 heterocycles. The van der Waals surface area contributed by atoms with Crippen LogP contribution in [0, 0.1) is 0 Å². The predicted molar refractivity (Wildman–Crippen MR) is 464 cm³/mol. The van der Waals surface area contributed by atoms with Crippen LogP contribution in [0.3, 0.4) is 0 Å². The van der Waals surface area contributed by atoms with Gasteiger partial charge in [-0.3, -0.25) is 0 Å². The number of fused-ring (bicyclic) bond motifs is 12. The van der Waals surface area contributed by atoms with E-state index in [0.29, 0.717) is 34.9 Å². The summed E-state index contributed by atoms with van der Waals surface area (Å²) in [7, 11) is 0. The van der Waals surface area contributed by atoms with E-state index in [1.54, 1.807) is 22.7 Å². The lowest BCUT2D eigenvalue weighted by atomic mass is 9.67. The average Bonchev–Trinajstić information content (AvgIpc) is 1.52. The topological polar surface area (TPSA) is 77.3 Å². The highest BCUT2D eigenvalue weighted by Gasteiger charge is 2.48. The van der Waals surface area contributed by atoms with Gasteiger partial charge in [-0.05, 0) is 125 Å². The Labute approximate surface area is 656 Å². The molecule has 2 aliphatic rings. The number of hydrogen-bond donors (Lipinski definition) is 0. The molecule has 0 aliphatic heterocycles. The number of benzene rings is 16. The summed E-state index contributed by atoms with van der Waals surface area (Å²) < 4.78 is 4.84. The number of thiophene rings is 2. The molecule has 0 radical (unpaired) electrons. The third kappa shape index (κ3) is 11.0. The average molecular weight is 1460 g/mol. The SMILES string of the molecule is c1ccc(-c2ccc(-c3nc(-c4ccc5c(c4)C(c4ccccc4)(c4ccccc4)c4ccccc4-5)nc(-c4cccc5c4sc4ccccc45)n3)cc2)cc1.c1ccc(-c2ccccc2-c2nc(-c3ccc4c(c3)C(c3ccccc3)(c3ccccc3)c3ccccc3-4)nc(-c3cccc4c3sc3ccccc34)n2)cc1. The molecule has 20 aromatic rings. The molecule has 112 heavy (non-hydrogen) atoms. The summed E-state index contributed by atoms with van der Waals surface area (Å²) in [5.74, 6) is 3.89. The van der Waals surface area contributed by atoms with Crippen molar-refractivity contribution in [3.05, 3.63) is 445 Å². The molecule has 8 heteroatoms. The van der Waals surface area contributed by atoms with Gasteiger partial charge in [0, 0.05) is 73.7 Å². The van der Waals surface area contributed by atoms with Crippen molar-refractivity contribution in [1.82, 2.24) is 29.9 Å². The summed E-state index contributed by atoms with van der Waals surface area (Å²) in [6.07, 6.45) is 0. The van der Waals surface area contributed by atoms with Gasteiger partial charge in [-0.2, -0.15) is 0 Å². The Morgan fingerprint density at radius 2 is 0.455 bits per heavy atom. The van der Waals surface area contributed by atoms with Gasteiger partial charge in [0.15, 0.2) is 34.9 Å². The molecule has 22 rings (SSSR count). The highest BCUT2D eigenvalue weighted by Crippen LogP contribution is 2.59.